The number of likely N-dealkylation sites (tertiary alicyclic amines) is 1. The number of imidazole rings is 1. The van der Waals surface area contributed by atoms with Gasteiger partial charge in [-0.25, -0.2) is 4.98 Å². The first-order chi connectivity index (χ1) is 14.6. The van der Waals surface area contributed by atoms with Gasteiger partial charge in [0.05, 0.1) is 23.8 Å². The molecule has 0 radical (unpaired) electrons. The van der Waals surface area contributed by atoms with Crippen LogP contribution in [0.15, 0.2) is 35.3 Å². The second-order valence-corrected chi connectivity index (χ2v) is 9.41. The molecule has 6 heteroatoms. The van der Waals surface area contributed by atoms with Gasteiger partial charge in [0.15, 0.2) is 0 Å². The van der Waals surface area contributed by atoms with E-state index in [2.05, 4.69) is 70.9 Å². The fourth-order valence-corrected chi connectivity index (χ4v) is 5.45. The van der Waals surface area contributed by atoms with E-state index < -0.39 is 0 Å². The van der Waals surface area contributed by atoms with Crippen LogP contribution in [0.2, 0.25) is 0 Å². The smallest absolute Gasteiger partial charge is 0.121 e. The van der Waals surface area contributed by atoms with Crippen LogP contribution in [-0.2, 0) is 6.54 Å². The van der Waals surface area contributed by atoms with E-state index in [-0.39, 0.29) is 0 Å². The minimum absolute atomic E-state index is 0.345. The molecule has 160 valence electrons. The number of hydrogen-bond donors (Lipinski definition) is 1. The van der Waals surface area contributed by atoms with Crippen LogP contribution in [0, 0.1) is 11.8 Å². The molecule has 4 heterocycles. The molecule has 30 heavy (non-hydrogen) atoms. The molecule has 3 aliphatic rings. The molecule has 1 aromatic heterocycles. The number of anilines is 1. The molecule has 0 amide bonds. The van der Waals surface area contributed by atoms with Crippen molar-refractivity contribution in [2.75, 3.05) is 44.7 Å². The number of dihydropyridines is 1. The van der Waals surface area contributed by atoms with Crippen molar-refractivity contribution in [3.63, 3.8) is 0 Å². The maximum absolute atomic E-state index is 5.09. The lowest BCUT2D eigenvalue weighted by Gasteiger charge is -2.34. The number of aliphatic imine (C=N–C) groups is 1. The van der Waals surface area contributed by atoms with Gasteiger partial charge in [-0.05, 0) is 50.1 Å². The highest BCUT2D eigenvalue weighted by Crippen LogP contribution is 2.34. The number of likely N-dealkylation sites (N-methyl/N-ethyl adjacent to an activating group) is 1. The Morgan fingerprint density at radius 1 is 1.10 bits per heavy atom. The first kappa shape index (κ1) is 19.8. The van der Waals surface area contributed by atoms with Crippen LogP contribution < -0.4 is 4.90 Å². The predicted octanol–water partition coefficient (Wildman–Crippen LogP) is 3.17. The topological polar surface area (TPSA) is 50.8 Å². The summed E-state index contributed by atoms with van der Waals surface area (Å²) in [6, 6.07) is 7.37. The fourth-order valence-electron chi connectivity index (χ4n) is 5.45. The Bertz CT molecular complexity index is 938. The van der Waals surface area contributed by atoms with Gasteiger partial charge in [-0.15, -0.1) is 0 Å². The molecule has 2 fully saturated rings. The number of nitrogens with one attached hydrogen (secondary N) is 1. The van der Waals surface area contributed by atoms with Crippen LogP contribution in [0.5, 0.6) is 0 Å². The zero-order chi connectivity index (χ0) is 20.7. The lowest BCUT2D eigenvalue weighted by Crippen LogP contribution is -2.44. The maximum atomic E-state index is 5.09. The summed E-state index contributed by atoms with van der Waals surface area (Å²) in [6.07, 6.45) is 7.60. The molecular formula is C24H34N6. The fraction of sp³-hybridized carbons (Fsp3) is 0.583. The Hall–Kier alpha value is -2.18. The predicted molar refractivity (Wildman–Crippen MR) is 124 cm³/mol. The van der Waals surface area contributed by atoms with Crippen LogP contribution in [-0.4, -0.2) is 77.8 Å². The van der Waals surface area contributed by atoms with Crippen molar-refractivity contribution < 1.29 is 0 Å². The van der Waals surface area contributed by atoms with Crippen LogP contribution in [0.25, 0.3) is 11.0 Å². The van der Waals surface area contributed by atoms with Gasteiger partial charge in [-0.1, -0.05) is 26.0 Å². The third-order valence-electron chi connectivity index (χ3n) is 7.26. The Morgan fingerprint density at radius 3 is 2.73 bits per heavy atom. The van der Waals surface area contributed by atoms with E-state index in [0.717, 1.165) is 56.1 Å². The van der Waals surface area contributed by atoms with Crippen LogP contribution >= 0.6 is 0 Å². The van der Waals surface area contributed by atoms with E-state index >= 15 is 0 Å². The molecule has 1 N–H and O–H groups in total. The summed E-state index contributed by atoms with van der Waals surface area (Å²) < 4.78 is 0. The Kier molecular flexibility index (Phi) is 5.37. The number of fused-ring (bicyclic) bond motifs is 1. The van der Waals surface area contributed by atoms with Gasteiger partial charge in [0.25, 0.3) is 0 Å². The highest BCUT2D eigenvalue weighted by atomic mass is 15.3. The summed E-state index contributed by atoms with van der Waals surface area (Å²) in [5.41, 5.74) is 3.54. The summed E-state index contributed by atoms with van der Waals surface area (Å²) >= 11 is 0. The molecule has 0 saturated carbocycles. The van der Waals surface area contributed by atoms with Gasteiger partial charge < -0.3 is 14.8 Å². The zero-order valence-electron chi connectivity index (χ0n) is 18.5. The summed E-state index contributed by atoms with van der Waals surface area (Å²) in [6.45, 7) is 11.0. The minimum Gasteiger partial charge on any atom is -0.367 e. The average molecular weight is 407 g/mol. The molecule has 2 saturated heterocycles. The molecule has 2 unspecified atom stereocenters. The highest BCUT2D eigenvalue weighted by Gasteiger charge is 2.39. The Labute approximate surface area is 179 Å². The largest absolute Gasteiger partial charge is 0.367 e. The van der Waals surface area contributed by atoms with Crippen molar-refractivity contribution in [3.8, 4) is 0 Å². The van der Waals surface area contributed by atoms with Gasteiger partial charge >= 0.3 is 0 Å². The molecule has 6 nitrogen and oxygen atoms in total. The Balaban J connectivity index is 1.38. The Morgan fingerprint density at radius 2 is 1.93 bits per heavy atom. The zero-order valence-corrected chi connectivity index (χ0v) is 18.5. The van der Waals surface area contributed by atoms with Gasteiger partial charge in [-0.3, -0.25) is 9.89 Å². The highest BCUT2D eigenvalue weighted by molar-refractivity contribution is 5.89. The number of hydrogen-bond acceptors (Lipinski definition) is 5. The average Bonchev–Trinajstić information content (AvgIpc) is 3.32. The molecule has 1 aromatic carbocycles. The molecule has 0 bridgehead atoms. The van der Waals surface area contributed by atoms with Crippen molar-refractivity contribution in [1.82, 2.24) is 19.8 Å². The lowest BCUT2D eigenvalue weighted by molar-refractivity contribution is 0.173. The van der Waals surface area contributed by atoms with Crippen LogP contribution in [0.4, 0.5) is 5.69 Å². The van der Waals surface area contributed by atoms with Gasteiger partial charge in [0.1, 0.15) is 11.3 Å². The monoisotopic (exact) mass is 406 g/mol. The molecule has 3 aliphatic heterocycles. The summed E-state index contributed by atoms with van der Waals surface area (Å²) in [7, 11) is 2.20. The summed E-state index contributed by atoms with van der Waals surface area (Å²) in [4.78, 5) is 21.1. The summed E-state index contributed by atoms with van der Waals surface area (Å²) in [5.74, 6) is 2.22. The van der Waals surface area contributed by atoms with Crippen molar-refractivity contribution in [2.45, 2.75) is 38.9 Å². The van der Waals surface area contributed by atoms with E-state index in [0.29, 0.717) is 23.9 Å². The molecular weight excluding hydrogens is 372 g/mol. The standard InChI is InChI=1S/C24H34N6/c1-17-6-5-10-25-22(17)24-18(2)9-11-30(24)16-21-26-19-7-4-8-20(23(19)27-21)29-14-12-28(3)13-15-29/h4-8,10,17-18,22,24H,9,11-16H2,1-3H3,(H,26,27)/t17?,18-,22?,24+/m0/s1. The molecule has 4 atom stereocenters. The molecule has 2 aromatic rings. The summed E-state index contributed by atoms with van der Waals surface area (Å²) in [5, 5.41) is 0. The van der Waals surface area contributed by atoms with Crippen LogP contribution in [0.3, 0.4) is 0 Å². The second kappa shape index (κ2) is 8.16. The third kappa shape index (κ3) is 3.67. The maximum Gasteiger partial charge on any atom is 0.121 e. The first-order valence-corrected chi connectivity index (χ1v) is 11.5. The number of para-hydroxylation sites is 1. The van der Waals surface area contributed by atoms with Crippen molar-refractivity contribution >= 4 is 22.9 Å². The van der Waals surface area contributed by atoms with Crippen molar-refractivity contribution in [2.24, 2.45) is 16.8 Å². The van der Waals surface area contributed by atoms with E-state index in [4.69, 9.17) is 9.98 Å². The number of piperazine rings is 1. The quantitative estimate of drug-likeness (QED) is 0.847. The lowest BCUT2D eigenvalue weighted by atomic mass is 9.87. The second-order valence-electron chi connectivity index (χ2n) is 9.41. The van der Waals surface area contributed by atoms with Gasteiger partial charge in [0, 0.05) is 38.4 Å². The third-order valence-corrected chi connectivity index (χ3v) is 7.26. The minimum atomic E-state index is 0.345. The van der Waals surface area contributed by atoms with E-state index in [1.165, 1.54) is 12.1 Å². The first-order valence-electron chi connectivity index (χ1n) is 11.5. The SMILES string of the molecule is CC1C=CC=NC1[C@H]1[C@@H](C)CCN1Cc1nc2c(N3CCN(C)CC3)cccc2[nH]1. The number of aromatic nitrogens is 2. The molecule has 0 spiro atoms. The van der Waals surface area contributed by atoms with Crippen LogP contribution in [0.1, 0.15) is 26.1 Å². The number of H-pyrrole nitrogens is 1. The number of nitrogens with zero attached hydrogens (tertiary/aromatic N) is 5. The van der Waals surface area contributed by atoms with Gasteiger partial charge in [0.2, 0.25) is 0 Å². The molecule has 0 aliphatic carbocycles. The number of allylic oxidation sites excluding steroid dienone is 1. The number of aromatic amines is 1. The van der Waals surface area contributed by atoms with Gasteiger partial charge in [-0.2, -0.15) is 0 Å². The normalized spacial score (nSPS) is 30.6. The van der Waals surface area contributed by atoms with E-state index in [1.54, 1.807) is 0 Å². The number of benzene rings is 1. The van der Waals surface area contributed by atoms with E-state index in [9.17, 15) is 0 Å². The van der Waals surface area contributed by atoms with Crippen molar-refractivity contribution in [3.05, 3.63) is 36.2 Å². The molecule has 5 rings (SSSR count). The van der Waals surface area contributed by atoms with E-state index in [1.807, 2.05) is 6.21 Å². The van der Waals surface area contributed by atoms with Crippen molar-refractivity contribution in [1.29, 1.82) is 0 Å². The number of rotatable bonds is 4.